The van der Waals surface area contributed by atoms with Crippen molar-refractivity contribution in [2.45, 2.75) is 45.4 Å². The second-order valence-electron chi connectivity index (χ2n) is 3.97. The molecule has 1 rings (SSSR count). The van der Waals surface area contributed by atoms with Gasteiger partial charge in [0.05, 0.1) is 6.21 Å². The summed E-state index contributed by atoms with van der Waals surface area (Å²) in [6.07, 6.45) is 8.07. The fraction of sp³-hybridized carbons (Fsp3) is 0.538. The molecule has 0 saturated heterocycles. The molecule has 0 unspecified atom stereocenters. The lowest BCUT2D eigenvalue weighted by Gasteiger charge is -1.99. The molecule has 3 nitrogen and oxygen atoms in total. The highest BCUT2D eigenvalue weighted by molar-refractivity contribution is 7.11. The third-order valence-electron chi connectivity index (χ3n) is 2.43. The molecule has 0 spiro atoms. The van der Waals surface area contributed by atoms with Crippen LogP contribution in [0.5, 0.6) is 0 Å². The smallest absolute Gasteiger partial charge is 0.240 e. The van der Waals surface area contributed by atoms with Crippen molar-refractivity contribution < 1.29 is 4.79 Å². The number of thiophene rings is 1. The third-order valence-corrected chi connectivity index (χ3v) is 3.24. The van der Waals surface area contributed by atoms with Crippen LogP contribution in [0.1, 0.15) is 50.3 Å². The van der Waals surface area contributed by atoms with Gasteiger partial charge in [0.25, 0.3) is 0 Å². The van der Waals surface area contributed by atoms with Crippen molar-refractivity contribution in [3.8, 4) is 0 Å². The van der Waals surface area contributed by atoms with Gasteiger partial charge < -0.3 is 0 Å². The monoisotopic (exact) mass is 252 g/mol. The highest BCUT2D eigenvalue weighted by Crippen LogP contribution is 2.05. The van der Waals surface area contributed by atoms with Gasteiger partial charge in [-0.15, -0.1) is 11.3 Å². The second-order valence-corrected chi connectivity index (χ2v) is 4.95. The Labute approximate surface area is 107 Å². The van der Waals surface area contributed by atoms with E-state index in [1.807, 2.05) is 17.5 Å². The summed E-state index contributed by atoms with van der Waals surface area (Å²) in [6, 6.07) is 3.92. The van der Waals surface area contributed by atoms with Crippen LogP contribution in [-0.4, -0.2) is 12.1 Å². The lowest BCUT2D eigenvalue weighted by Crippen LogP contribution is -2.16. The fourth-order valence-electron chi connectivity index (χ4n) is 1.48. The van der Waals surface area contributed by atoms with Gasteiger partial charge in [0.1, 0.15) is 0 Å². The summed E-state index contributed by atoms with van der Waals surface area (Å²) >= 11 is 1.60. The van der Waals surface area contributed by atoms with Crippen molar-refractivity contribution in [1.82, 2.24) is 5.43 Å². The molecule has 1 aromatic rings. The molecule has 1 amide bonds. The van der Waals surface area contributed by atoms with Crippen molar-refractivity contribution in [2.24, 2.45) is 5.10 Å². The average Bonchev–Trinajstić information content (AvgIpc) is 2.82. The normalized spacial score (nSPS) is 10.9. The number of carbonyl (C=O) groups excluding carboxylic acids is 1. The van der Waals surface area contributed by atoms with E-state index in [9.17, 15) is 4.79 Å². The van der Waals surface area contributed by atoms with E-state index in [0.717, 1.165) is 17.7 Å². The number of hydrogen-bond acceptors (Lipinski definition) is 3. The summed E-state index contributed by atoms with van der Waals surface area (Å²) in [4.78, 5) is 12.4. The first-order valence-electron chi connectivity index (χ1n) is 6.18. The van der Waals surface area contributed by atoms with Gasteiger partial charge in [0.2, 0.25) is 5.91 Å². The highest BCUT2D eigenvalue weighted by Gasteiger charge is 1.98. The first kappa shape index (κ1) is 13.9. The molecule has 0 aromatic carbocycles. The Morgan fingerprint density at radius 2 is 2.24 bits per heavy atom. The minimum atomic E-state index is 0.00862. The first-order valence-corrected chi connectivity index (χ1v) is 7.06. The summed E-state index contributed by atoms with van der Waals surface area (Å²) < 4.78 is 0. The number of hydrazone groups is 1. The van der Waals surface area contributed by atoms with E-state index in [-0.39, 0.29) is 5.91 Å². The van der Waals surface area contributed by atoms with Gasteiger partial charge in [0.15, 0.2) is 0 Å². The van der Waals surface area contributed by atoms with E-state index in [4.69, 9.17) is 0 Å². The van der Waals surface area contributed by atoms with Gasteiger partial charge in [-0.05, 0) is 17.9 Å². The number of unbranched alkanes of at least 4 members (excludes halogenated alkanes) is 4. The van der Waals surface area contributed by atoms with E-state index in [2.05, 4.69) is 17.5 Å². The molecule has 0 saturated carbocycles. The molecular formula is C13H20N2OS. The molecule has 4 heteroatoms. The van der Waals surface area contributed by atoms with Crippen LogP contribution in [0.25, 0.3) is 0 Å². The average molecular weight is 252 g/mol. The van der Waals surface area contributed by atoms with Crippen molar-refractivity contribution in [2.75, 3.05) is 0 Å². The van der Waals surface area contributed by atoms with Crippen LogP contribution < -0.4 is 5.43 Å². The largest absolute Gasteiger partial charge is 0.273 e. The molecule has 0 aliphatic carbocycles. The molecule has 1 aromatic heterocycles. The van der Waals surface area contributed by atoms with Crippen LogP contribution in [0.3, 0.4) is 0 Å². The van der Waals surface area contributed by atoms with Crippen LogP contribution in [0.15, 0.2) is 22.6 Å². The zero-order valence-electron chi connectivity index (χ0n) is 10.3. The Bertz CT molecular complexity index is 333. The Hall–Kier alpha value is -1.16. The minimum Gasteiger partial charge on any atom is -0.273 e. The Morgan fingerprint density at radius 1 is 1.41 bits per heavy atom. The predicted octanol–water partition coefficient (Wildman–Crippen LogP) is 3.56. The van der Waals surface area contributed by atoms with E-state index in [1.54, 1.807) is 17.6 Å². The molecule has 0 atom stereocenters. The lowest BCUT2D eigenvalue weighted by molar-refractivity contribution is -0.121. The van der Waals surface area contributed by atoms with Gasteiger partial charge >= 0.3 is 0 Å². The van der Waals surface area contributed by atoms with Crippen LogP contribution in [0.4, 0.5) is 0 Å². The van der Waals surface area contributed by atoms with E-state index < -0.39 is 0 Å². The van der Waals surface area contributed by atoms with Gasteiger partial charge in [-0.3, -0.25) is 4.79 Å². The SMILES string of the molecule is CCCCCCCC(=O)NN=Cc1cccs1. The van der Waals surface area contributed by atoms with Gasteiger partial charge in [-0.1, -0.05) is 38.7 Å². The summed E-state index contributed by atoms with van der Waals surface area (Å²) in [5.41, 5.74) is 2.55. The molecule has 0 bridgehead atoms. The third kappa shape index (κ3) is 6.89. The van der Waals surface area contributed by atoms with Gasteiger partial charge in [0, 0.05) is 11.3 Å². The molecule has 17 heavy (non-hydrogen) atoms. The maximum Gasteiger partial charge on any atom is 0.240 e. The first-order chi connectivity index (χ1) is 8.33. The number of rotatable bonds is 8. The number of carbonyl (C=O) groups is 1. The van der Waals surface area contributed by atoms with Crippen LogP contribution in [0, 0.1) is 0 Å². The fourth-order valence-corrected chi connectivity index (χ4v) is 2.06. The van der Waals surface area contributed by atoms with Crippen molar-refractivity contribution in [3.63, 3.8) is 0 Å². The summed E-state index contributed by atoms with van der Waals surface area (Å²) in [5.74, 6) is 0.00862. The molecule has 1 N–H and O–H groups in total. The number of hydrogen-bond donors (Lipinski definition) is 1. The van der Waals surface area contributed by atoms with Crippen molar-refractivity contribution >= 4 is 23.5 Å². The number of amides is 1. The maximum atomic E-state index is 11.4. The minimum absolute atomic E-state index is 0.00862. The van der Waals surface area contributed by atoms with E-state index >= 15 is 0 Å². The second kappa shape index (κ2) is 8.93. The number of nitrogens with one attached hydrogen (secondary N) is 1. The van der Waals surface area contributed by atoms with Crippen LogP contribution >= 0.6 is 11.3 Å². The van der Waals surface area contributed by atoms with Crippen LogP contribution in [0.2, 0.25) is 0 Å². The van der Waals surface area contributed by atoms with Crippen molar-refractivity contribution in [3.05, 3.63) is 22.4 Å². The predicted molar refractivity (Wildman–Crippen MR) is 73.4 cm³/mol. The standard InChI is InChI=1S/C13H20N2OS/c1-2-3-4-5-6-9-13(16)15-14-11-12-8-7-10-17-12/h7-8,10-11H,2-6,9H2,1H3,(H,15,16). The van der Waals surface area contributed by atoms with Crippen LogP contribution in [-0.2, 0) is 4.79 Å². The Morgan fingerprint density at radius 3 is 2.94 bits per heavy atom. The zero-order chi connectivity index (χ0) is 12.3. The highest BCUT2D eigenvalue weighted by atomic mass is 32.1. The number of nitrogens with zero attached hydrogens (tertiary/aromatic N) is 1. The topological polar surface area (TPSA) is 41.5 Å². The molecule has 0 fully saturated rings. The Kier molecular flexibility index (Phi) is 7.30. The van der Waals surface area contributed by atoms with Gasteiger partial charge in [-0.25, -0.2) is 5.43 Å². The van der Waals surface area contributed by atoms with Crippen molar-refractivity contribution in [1.29, 1.82) is 0 Å². The molecule has 94 valence electrons. The quantitative estimate of drug-likeness (QED) is 0.429. The zero-order valence-corrected chi connectivity index (χ0v) is 11.1. The molecule has 1 heterocycles. The molecule has 0 radical (unpaired) electrons. The Balaban J connectivity index is 2.05. The summed E-state index contributed by atoms with van der Waals surface area (Å²) in [5, 5.41) is 5.90. The summed E-state index contributed by atoms with van der Waals surface area (Å²) in [6.45, 7) is 2.19. The molecule has 0 aliphatic rings. The molecular weight excluding hydrogens is 232 g/mol. The maximum absolute atomic E-state index is 11.4. The van der Waals surface area contributed by atoms with E-state index in [1.165, 1.54) is 19.3 Å². The van der Waals surface area contributed by atoms with E-state index in [0.29, 0.717) is 6.42 Å². The lowest BCUT2D eigenvalue weighted by atomic mass is 10.1. The molecule has 0 aliphatic heterocycles. The summed E-state index contributed by atoms with van der Waals surface area (Å²) in [7, 11) is 0. The van der Waals surface area contributed by atoms with Gasteiger partial charge in [-0.2, -0.15) is 5.10 Å².